The fourth-order valence-corrected chi connectivity index (χ4v) is 2.26. The minimum atomic E-state index is -1.00. The zero-order chi connectivity index (χ0) is 15.2. The molecular formula is C14H20N4O3. The smallest absolute Gasteiger partial charge is 0.326 e. The molecule has 0 radical (unpaired) electrons. The van der Waals surface area contributed by atoms with Crippen LogP contribution < -0.4 is 10.2 Å². The number of carboxylic acid groups (broad SMARTS) is 1. The molecule has 1 aliphatic heterocycles. The Morgan fingerprint density at radius 3 is 2.57 bits per heavy atom. The van der Waals surface area contributed by atoms with E-state index in [-0.39, 0.29) is 6.03 Å². The molecule has 1 aromatic heterocycles. The predicted molar refractivity (Wildman–Crippen MR) is 78.3 cm³/mol. The van der Waals surface area contributed by atoms with Crippen LogP contribution in [0.25, 0.3) is 0 Å². The lowest BCUT2D eigenvalue weighted by atomic mass is 10.2. The summed E-state index contributed by atoms with van der Waals surface area (Å²) in [6.45, 7) is 4.22. The van der Waals surface area contributed by atoms with E-state index in [0.717, 1.165) is 5.82 Å². The third kappa shape index (κ3) is 3.84. The SMILES string of the molecule is CC[C@H](NC(=O)N1CCN(c2ccccn2)CC1)C(=O)O. The van der Waals surface area contributed by atoms with Gasteiger partial charge in [-0.05, 0) is 18.6 Å². The van der Waals surface area contributed by atoms with Gasteiger partial charge in [0.05, 0.1) is 0 Å². The Hall–Kier alpha value is -2.31. The zero-order valence-corrected chi connectivity index (χ0v) is 12.0. The molecule has 7 heteroatoms. The van der Waals surface area contributed by atoms with Gasteiger partial charge < -0.3 is 20.2 Å². The average Bonchev–Trinajstić information content (AvgIpc) is 2.53. The second-order valence-corrected chi connectivity index (χ2v) is 4.91. The fraction of sp³-hybridized carbons (Fsp3) is 0.500. The Morgan fingerprint density at radius 1 is 1.33 bits per heavy atom. The van der Waals surface area contributed by atoms with Crippen molar-refractivity contribution < 1.29 is 14.7 Å². The summed E-state index contributed by atoms with van der Waals surface area (Å²) in [4.78, 5) is 31.0. The van der Waals surface area contributed by atoms with Gasteiger partial charge in [0.2, 0.25) is 0 Å². The number of hydrogen-bond acceptors (Lipinski definition) is 4. The standard InChI is InChI=1S/C14H20N4O3/c1-2-11(13(19)20)16-14(21)18-9-7-17(8-10-18)12-5-3-4-6-15-12/h3-6,11H,2,7-10H2,1H3,(H,16,21)(H,19,20)/t11-/m0/s1. The first-order valence-electron chi connectivity index (χ1n) is 7.06. The Kier molecular flexibility index (Phi) is 4.97. The normalized spacial score (nSPS) is 16.4. The first kappa shape index (κ1) is 15.1. The van der Waals surface area contributed by atoms with E-state index in [1.54, 1.807) is 18.0 Å². The first-order valence-corrected chi connectivity index (χ1v) is 7.06. The van der Waals surface area contributed by atoms with Crippen molar-refractivity contribution >= 4 is 17.8 Å². The molecule has 1 atom stereocenters. The van der Waals surface area contributed by atoms with Gasteiger partial charge in [-0.15, -0.1) is 0 Å². The van der Waals surface area contributed by atoms with Gasteiger partial charge in [0, 0.05) is 32.4 Å². The third-order valence-electron chi connectivity index (χ3n) is 3.54. The number of nitrogens with one attached hydrogen (secondary N) is 1. The topological polar surface area (TPSA) is 85.8 Å². The molecule has 0 aliphatic carbocycles. The number of anilines is 1. The molecule has 0 unspecified atom stereocenters. The van der Waals surface area contributed by atoms with E-state index in [1.165, 1.54) is 0 Å². The maximum atomic E-state index is 12.0. The van der Waals surface area contributed by atoms with Crippen LogP contribution in [0, 0.1) is 0 Å². The van der Waals surface area contributed by atoms with Crippen molar-refractivity contribution in [2.45, 2.75) is 19.4 Å². The zero-order valence-electron chi connectivity index (χ0n) is 12.0. The number of aliphatic carboxylic acids is 1. The molecule has 1 aliphatic rings. The van der Waals surface area contributed by atoms with Crippen LogP contribution in [0.2, 0.25) is 0 Å². The molecule has 2 rings (SSSR count). The highest BCUT2D eigenvalue weighted by atomic mass is 16.4. The van der Waals surface area contributed by atoms with Gasteiger partial charge in [-0.3, -0.25) is 0 Å². The largest absolute Gasteiger partial charge is 0.480 e. The molecular weight excluding hydrogens is 272 g/mol. The molecule has 2 heterocycles. The summed E-state index contributed by atoms with van der Waals surface area (Å²) in [5.74, 6) is -0.104. The van der Waals surface area contributed by atoms with E-state index in [9.17, 15) is 9.59 Å². The van der Waals surface area contributed by atoms with Gasteiger partial charge in [-0.1, -0.05) is 13.0 Å². The van der Waals surface area contributed by atoms with Crippen molar-refractivity contribution in [2.75, 3.05) is 31.1 Å². The second-order valence-electron chi connectivity index (χ2n) is 4.91. The summed E-state index contributed by atoms with van der Waals surface area (Å²) in [6.07, 6.45) is 2.11. The number of nitrogens with zero attached hydrogens (tertiary/aromatic N) is 3. The predicted octanol–water partition coefficient (Wildman–Crippen LogP) is 0.776. The number of pyridine rings is 1. The summed E-state index contributed by atoms with van der Waals surface area (Å²) in [6, 6.07) is 4.59. The number of amides is 2. The molecule has 114 valence electrons. The fourth-order valence-electron chi connectivity index (χ4n) is 2.26. The molecule has 0 saturated carbocycles. The minimum Gasteiger partial charge on any atom is -0.480 e. The quantitative estimate of drug-likeness (QED) is 0.856. The van der Waals surface area contributed by atoms with Crippen LogP contribution in [0.4, 0.5) is 10.6 Å². The second kappa shape index (κ2) is 6.92. The molecule has 0 bridgehead atoms. The number of carbonyl (C=O) groups is 2. The van der Waals surface area contributed by atoms with E-state index in [2.05, 4.69) is 15.2 Å². The molecule has 2 amide bonds. The van der Waals surface area contributed by atoms with Crippen molar-refractivity contribution in [3.05, 3.63) is 24.4 Å². The van der Waals surface area contributed by atoms with E-state index in [1.807, 2.05) is 18.2 Å². The number of rotatable bonds is 4. The molecule has 0 aromatic carbocycles. The lowest BCUT2D eigenvalue weighted by Crippen LogP contribution is -2.54. The number of aromatic nitrogens is 1. The summed E-state index contributed by atoms with van der Waals surface area (Å²) in [5.41, 5.74) is 0. The summed E-state index contributed by atoms with van der Waals surface area (Å²) in [5, 5.41) is 11.5. The van der Waals surface area contributed by atoms with Crippen LogP contribution in [0.3, 0.4) is 0 Å². The lowest BCUT2D eigenvalue weighted by Gasteiger charge is -2.35. The molecule has 21 heavy (non-hydrogen) atoms. The summed E-state index contributed by atoms with van der Waals surface area (Å²) < 4.78 is 0. The summed E-state index contributed by atoms with van der Waals surface area (Å²) in [7, 11) is 0. The number of carbonyl (C=O) groups excluding carboxylic acids is 1. The Balaban J connectivity index is 1.86. The Labute approximate surface area is 123 Å². The van der Waals surface area contributed by atoms with Crippen LogP contribution in [0.1, 0.15) is 13.3 Å². The molecule has 1 fully saturated rings. The molecule has 1 saturated heterocycles. The van der Waals surface area contributed by atoms with Gasteiger partial charge >= 0.3 is 12.0 Å². The maximum Gasteiger partial charge on any atom is 0.326 e. The van der Waals surface area contributed by atoms with E-state index >= 15 is 0 Å². The van der Waals surface area contributed by atoms with Gasteiger partial charge in [0.15, 0.2) is 0 Å². The van der Waals surface area contributed by atoms with Crippen molar-refractivity contribution in [1.82, 2.24) is 15.2 Å². The highest BCUT2D eigenvalue weighted by Gasteiger charge is 2.25. The van der Waals surface area contributed by atoms with Crippen molar-refractivity contribution in [2.24, 2.45) is 0 Å². The highest BCUT2D eigenvalue weighted by Crippen LogP contribution is 2.12. The summed E-state index contributed by atoms with van der Waals surface area (Å²) >= 11 is 0. The van der Waals surface area contributed by atoms with Gasteiger partial charge in [-0.2, -0.15) is 0 Å². The van der Waals surface area contributed by atoms with Crippen LogP contribution in [-0.2, 0) is 4.79 Å². The van der Waals surface area contributed by atoms with Gasteiger partial charge in [-0.25, -0.2) is 14.6 Å². The van der Waals surface area contributed by atoms with E-state index in [4.69, 9.17) is 5.11 Å². The van der Waals surface area contributed by atoms with E-state index < -0.39 is 12.0 Å². The Bertz CT molecular complexity index is 486. The van der Waals surface area contributed by atoms with Crippen molar-refractivity contribution in [1.29, 1.82) is 0 Å². The molecule has 7 nitrogen and oxygen atoms in total. The molecule has 1 aromatic rings. The lowest BCUT2D eigenvalue weighted by molar-refractivity contribution is -0.139. The van der Waals surface area contributed by atoms with Crippen molar-refractivity contribution in [3.63, 3.8) is 0 Å². The number of piperazine rings is 1. The third-order valence-corrected chi connectivity index (χ3v) is 3.54. The van der Waals surface area contributed by atoms with Crippen LogP contribution >= 0.6 is 0 Å². The van der Waals surface area contributed by atoms with E-state index in [0.29, 0.717) is 32.6 Å². The Morgan fingerprint density at radius 2 is 2.05 bits per heavy atom. The highest BCUT2D eigenvalue weighted by molar-refractivity contribution is 5.82. The molecule has 2 N–H and O–H groups in total. The first-order chi connectivity index (χ1) is 10.1. The monoisotopic (exact) mass is 292 g/mol. The average molecular weight is 292 g/mol. The number of carboxylic acids is 1. The van der Waals surface area contributed by atoms with Crippen LogP contribution in [-0.4, -0.2) is 59.2 Å². The van der Waals surface area contributed by atoms with Gasteiger partial charge in [0.25, 0.3) is 0 Å². The van der Waals surface area contributed by atoms with Gasteiger partial charge in [0.1, 0.15) is 11.9 Å². The van der Waals surface area contributed by atoms with Crippen LogP contribution in [0.5, 0.6) is 0 Å². The number of urea groups is 1. The minimum absolute atomic E-state index is 0.315. The molecule has 0 spiro atoms. The van der Waals surface area contributed by atoms with Crippen LogP contribution in [0.15, 0.2) is 24.4 Å². The van der Waals surface area contributed by atoms with Crippen molar-refractivity contribution in [3.8, 4) is 0 Å². The number of hydrogen-bond donors (Lipinski definition) is 2. The maximum absolute atomic E-state index is 12.0.